The summed E-state index contributed by atoms with van der Waals surface area (Å²) in [5.41, 5.74) is 2.86. The predicted molar refractivity (Wildman–Crippen MR) is 48.5 cm³/mol. The minimum Gasteiger partial charge on any atom is -0.0849 e. The van der Waals surface area contributed by atoms with E-state index in [1.54, 1.807) is 0 Å². The molecule has 0 nitrogen and oxygen atoms in total. The first-order chi connectivity index (χ1) is 4.86. The van der Waals surface area contributed by atoms with Crippen molar-refractivity contribution in [1.82, 2.24) is 0 Å². The molecule has 0 heterocycles. The average molecular weight is 132 g/mol. The summed E-state index contributed by atoms with van der Waals surface area (Å²) in [6.07, 6.45) is 1.14. The first kappa shape index (κ1) is 7.39. The molecule has 0 N–H and O–H groups in total. The summed E-state index contributed by atoms with van der Waals surface area (Å²) in [5.74, 6) is 0. The molecule has 0 atom stereocenters. The molecule has 10 heavy (non-hydrogen) atoms. The number of hydrogen-bond donors (Lipinski definition) is 0. The van der Waals surface area contributed by atoms with Gasteiger partial charge in [-0.15, -0.1) is 0 Å². The predicted octanol–water partition coefficient (Wildman–Crippen LogP) is 1.36. The lowest BCUT2D eigenvalue weighted by molar-refractivity contribution is 1.14. The highest BCUT2D eigenvalue weighted by atomic mass is 13.9. The van der Waals surface area contributed by atoms with Crippen LogP contribution in [-0.2, 0) is 6.42 Å². The highest BCUT2D eigenvalue weighted by Gasteiger charge is 1.89. The van der Waals surface area contributed by atoms with Gasteiger partial charge in [0.1, 0.15) is 0 Å². The van der Waals surface area contributed by atoms with Crippen molar-refractivity contribution in [3.63, 3.8) is 0 Å². The third kappa shape index (κ3) is 1.63. The molecule has 0 bridgehead atoms. The zero-order chi connectivity index (χ0) is 7.40. The van der Waals surface area contributed by atoms with Crippen LogP contribution in [0.3, 0.4) is 0 Å². The van der Waals surface area contributed by atoms with Gasteiger partial charge in [0.2, 0.25) is 0 Å². The van der Waals surface area contributed by atoms with E-state index < -0.39 is 0 Å². The van der Waals surface area contributed by atoms with Crippen LogP contribution in [0.4, 0.5) is 0 Å². The summed E-state index contributed by atoms with van der Waals surface area (Å²) in [6, 6.07) is 8.83. The van der Waals surface area contributed by atoms with Crippen molar-refractivity contribution in [2.75, 3.05) is 0 Å². The lowest BCUT2D eigenvalue weighted by Crippen LogP contribution is -2.08. The van der Waals surface area contributed by atoms with E-state index in [-0.39, 0.29) is 0 Å². The maximum Gasteiger partial charge on any atom is 0.154 e. The Morgan fingerprint density at radius 1 is 1.20 bits per heavy atom. The van der Waals surface area contributed by atoms with Gasteiger partial charge in [0.25, 0.3) is 0 Å². The minimum atomic E-state index is 1.14. The normalized spacial score (nSPS) is 9.40. The van der Waals surface area contributed by atoms with E-state index in [0.717, 1.165) is 13.7 Å². The number of benzene rings is 1. The van der Waals surface area contributed by atoms with Crippen LogP contribution in [0.25, 0.3) is 0 Å². The monoisotopic (exact) mass is 132 g/mol. The highest BCUT2D eigenvalue weighted by Crippen LogP contribution is 1.96. The van der Waals surface area contributed by atoms with Gasteiger partial charge in [0, 0.05) is 0 Å². The molecule has 0 unspecified atom stereocenters. The molecule has 0 fully saturated rings. The summed E-state index contributed by atoms with van der Waals surface area (Å²) in [7, 11) is 1.14. The molecule has 0 aliphatic heterocycles. The Hall–Kier alpha value is -0.715. The quantitative estimate of drug-likeness (QED) is 0.533. The van der Waals surface area contributed by atoms with Crippen molar-refractivity contribution < 1.29 is 0 Å². The third-order valence-corrected chi connectivity index (χ3v) is 1.84. The molecule has 0 amide bonds. The fourth-order valence-corrected chi connectivity index (χ4v) is 1.01. The molecule has 1 rings (SSSR count). The van der Waals surface area contributed by atoms with Gasteiger partial charge in [0.15, 0.2) is 7.28 Å². The molecule has 0 aromatic heterocycles. The van der Waals surface area contributed by atoms with Crippen LogP contribution in [0, 0.1) is 0 Å². The van der Waals surface area contributed by atoms with E-state index in [9.17, 15) is 0 Å². The Kier molecular flexibility index (Phi) is 2.55. The number of hydrogen-bond acceptors (Lipinski definition) is 0. The summed E-state index contributed by atoms with van der Waals surface area (Å²) in [5, 5.41) is 0. The van der Waals surface area contributed by atoms with Gasteiger partial charge in [-0.3, -0.25) is 0 Å². The second-order valence-electron chi connectivity index (χ2n) is 2.52. The van der Waals surface area contributed by atoms with E-state index in [1.807, 2.05) is 0 Å². The molecule has 1 aromatic rings. The highest BCUT2D eigenvalue weighted by molar-refractivity contribution is 6.51. The zero-order valence-corrected chi connectivity index (χ0v) is 6.72. The molecule has 0 radical (unpaired) electrons. The smallest absolute Gasteiger partial charge is 0.0849 e. The summed E-state index contributed by atoms with van der Waals surface area (Å²) in [4.78, 5) is 0. The van der Waals surface area contributed by atoms with Crippen LogP contribution >= 0.6 is 0 Å². The van der Waals surface area contributed by atoms with Crippen molar-refractivity contribution in [3.05, 3.63) is 29.8 Å². The first-order valence-corrected chi connectivity index (χ1v) is 3.94. The van der Waals surface area contributed by atoms with Gasteiger partial charge in [-0.25, -0.2) is 0 Å². The summed E-state index contributed by atoms with van der Waals surface area (Å²) < 4.78 is 0. The van der Waals surface area contributed by atoms with Crippen LogP contribution in [0.2, 0.25) is 6.82 Å². The summed E-state index contributed by atoms with van der Waals surface area (Å²) in [6.45, 7) is 4.36. The van der Waals surface area contributed by atoms with Crippen LogP contribution in [0.5, 0.6) is 0 Å². The molecule has 52 valence electrons. The zero-order valence-electron chi connectivity index (χ0n) is 6.72. The molecule has 0 saturated heterocycles. The first-order valence-electron chi connectivity index (χ1n) is 3.94. The Labute approximate surface area is 63.5 Å². The average Bonchev–Trinajstić information content (AvgIpc) is 2.05. The Bertz CT molecular complexity index is 165. The topological polar surface area (TPSA) is 0 Å². The van der Waals surface area contributed by atoms with Gasteiger partial charge >= 0.3 is 0 Å². The Morgan fingerprint density at radius 2 is 1.80 bits per heavy atom. The van der Waals surface area contributed by atoms with Gasteiger partial charge in [-0.1, -0.05) is 43.5 Å². The van der Waals surface area contributed by atoms with E-state index in [0.29, 0.717) is 0 Å². The SMILES string of the molecule is CBc1ccc(CC)cc1. The number of rotatable bonds is 2. The number of aryl methyl sites for hydroxylation is 1. The molecule has 0 saturated carbocycles. The molecule has 1 heteroatoms. The van der Waals surface area contributed by atoms with Gasteiger partial charge in [-0.2, -0.15) is 0 Å². The lowest BCUT2D eigenvalue weighted by atomic mass is 9.73. The lowest BCUT2D eigenvalue weighted by Gasteiger charge is -1.96. The minimum absolute atomic E-state index is 1.14. The van der Waals surface area contributed by atoms with Crippen molar-refractivity contribution in [2.24, 2.45) is 0 Å². The van der Waals surface area contributed by atoms with Crippen LogP contribution in [0.15, 0.2) is 24.3 Å². The van der Waals surface area contributed by atoms with Crippen molar-refractivity contribution >= 4 is 12.7 Å². The van der Waals surface area contributed by atoms with Crippen LogP contribution in [0.1, 0.15) is 12.5 Å². The standard InChI is InChI=1S/C9H13B/c1-3-8-4-6-9(10-2)7-5-8/h4-7,10H,3H2,1-2H3. The maximum absolute atomic E-state index is 2.21. The van der Waals surface area contributed by atoms with Gasteiger partial charge < -0.3 is 0 Å². The van der Waals surface area contributed by atoms with Crippen molar-refractivity contribution in [2.45, 2.75) is 20.2 Å². The molecule has 1 aromatic carbocycles. The third-order valence-electron chi connectivity index (χ3n) is 1.84. The molecule has 0 aliphatic rings. The van der Waals surface area contributed by atoms with Gasteiger partial charge in [0.05, 0.1) is 0 Å². The molecule has 0 aliphatic carbocycles. The fourth-order valence-electron chi connectivity index (χ4n) is 1.01. The van der Waals surface area contributed by atoms with Crippen LogP contribution < -0.4 is 5.46 Å². The van der Waals surface area contributed by atoms with Gasteiger partial charge in [-0.05, 0) is 12.0 Å². The summed E-state index contributed by atoms with van der Waals surface area (Å²) >= 11 is 0. The van der Waals surface area contributed by atoms with Crippen molar-refractivity contribution in [1.29, 1.82) is 0 Å². The van der Waals surface area contributed by atoms with E-state index >= 15 is 0 Å². The largest absolute Gasteiger partial charge is 0.154 e. The Morgan fingerprint density at radius 3 is 2.20 bits per heavy atom. The molecule has 0 spiro atoms. The van der Waals surface area contributed by atoms with Crippen molar-refractivity contribution in [3.8, 4) is 0 Å². The van der Waals surface area contributed by atoms with E-state index in [1.165, 1.54) is 11.0 Å². The van der Waals surface area contributed by atoms with E-state index in [4.69, 9.17) is 0 Å². The van der Waals surface area contributed by atoms with Crippen LogP contribution in [-0.4, -0.2) is 7.28 Å². The second kappa shape index (κ2) is 3.45. The molecular formula is C9H13B. The van der Waals surface area contributed by atoms with E-state index in [2.05, 4.69) is 38.0 Å². The second-order valence-corrected chi connectivity index (χ2v) is 2.52. The Balaban J connectivity index is 2.80. The fraction of sp³-hybridized carbons (Fsp3) is 0.333. The molecular weight excluding hydrogens is 119 g/mol. The maximum atomic E-state index is 2.21.